The third kappa shape index (κ3) is 5.43. The first-order chi connectivity index (χ1) is 11.0. The minimum absolute atomic E-state index is 0.186. The lowest BCUT2D eigenvalue weighted by molar-refractivity contribution is -0.137. The second-order valence-corrected chi connectivity index (χ2v) is 5.17. The first-order valence-corrected chi connectivity index (χ1v) is 7.23. The van der Waals surface area contributed by atoms with Crippen LogP contribution in [0.5, 0.6) is 5.75 Å². The Labute approximate surface area is 135 Å². The van der Waals surface area contributed by atoms with Gasteiger partial charge >= 0.3 is 11.9 Å². The fourth-order valence-corrected chi connectivity index (χ4v) is 1.86. The van der Waals surface area contributed by atoms with Crippen LogP contribution >= 0.6 is 0 Å². The first kappa shape index (κ1) is 16.5. The average Bonchev–Trinajstić information content (AvgIpc) is 2.52. The van der Waals surface area contributed by atoms with Crippen LogP contribution in [0.15, 0.2) is 66.3 Å². The predicted molar refractivity (Wildman–Crippen MR) is 89.1 cm³/mol. The second kappa shape index (κ2) is 7.94. The van der Waals surface area contributed by atoms with Gasteiger partial charge in [0.2, 0.25) is 0 Å². The van der Waals surface area contributed by atoms with Crippen LogP contribution in [-0.2, 0) is 14.3 Å². The lowest BCUT2D eigenvalue weighted by atomic mass is 10.1. The van der Waals surface area contributed by atoms with E-state index in [1.807, 2.05) is 44.2 Å². The third-order valence-corrected chi connectivity index (χ3v) is 3.01. The van der Waals surface area contributed by atoms with E-state index in [9.17, 15) is 9.59 Å². The maximum Gasteiger partial charge on any atom is 0.336 e. The van der Waals surface area contributed by atoms with Gasteiger partial charge in [0.1, 0.15) is 12.4 Å². The average molecular weight is 310 g/mol. The Morgan fingerprint density at radius 1 is 0.957 bits per heavy atom. The summed E-state index contributed by atoms with van der Waals surface area (Å²) in [4.78, 5) is 23.1. The van der Waals surface area contributed by atoms with Crippen LogP contribution in [-0.4, -0.2) is 18.5 Å². The maximum atomic E-state index is 11.7. The van der Waals surface area contributed by atoms with Gasteiger partial charge in [0, 0.05) is 12.2 Å². The summed E-state index contributed by atoms with van der Waals surface area (Å²) in [7, 11) is 0. The van der Waals surface area contributed by atoms with E-state index in [4.69, 9.17) is 9.47 Å². The first-order valence-electron chi connectivity index (χ1n) is 7.23. The molecule has 23 heavy (non-hydrogen) atoms. The molecule has 0 spiro atoms. The molecule has 118 valence electrons. The van der Waals surface area contributed by atoms with Crippen molar-refractivity contribution < 1.29 is 19.1 Å². The summed E-state index contributed by atoms with van der Waals surface area (Å²) >= 11 is 0. The number of ether oxygens (including phenoxy) is 2. The number of hydrogen-bond acceptors (Lipinski definition) is 4. The molecule has 0 N–H and O–H groups in total. The number of fused-ring (bicyclic) bond motifs is 1. The van der Waals surface area contributed by atoms with Crippen molar-refractivity contribution in [3.8, 4) is 5.75 Å². The number of carbonyl (C=O) groups excluding carboxylic acids is 2. The van der Waals surface area contributed by atoms with E-state index in [1.165, 1.54) is 0 Å². The molecule has 0 fully saturated rings. The van der Waals surface area contributed by atoms with E-state index in [-0.39, 0.29) is 6.61 Å². The molecule has 0 aliphatic carbocycles. The van der Waals surface area contributed by atoms with Crippen LogP contribution in [0.25, 0.3) is 10.8 Å². The molecule has 0 saturated carbocycles. The minimum Gasteiger partial charge on any atom is -0.458 e. The smallest absolute Gasteiger partial charge is 0.336 e. The molecule has 0 heterocycles. The molecule has 0 aliphatic rings. The highest BCUT2D eigenvalue weighted by molar-refractivity contribution is 5.93. The van der Waals surface area contributed by atoms with Crippen molar-refractivity contribution in [2.45, 2.75) is 13.8 Å². The van der Waals surface area contributed by atoms with Crippen molar-refractivity contribution in [2.75, 3.05) is 6.61 Å². The SMILES string of the molecule is CC(C)=CCOC(=O)/C=C/C(=O)Oc1ccc2ccccc2c1. The Balaban J connectivity index is 1.91. The summed E-state index contributed by atoms with van der Waals surface area (Å²) in [5, 5.41) is 2.04. The van der Waals surface area contributed by atoms with Gasteiger partial charge in [0.05, 0.1) is 0 Å². The van der Waals surface area contributed by atoms with Crippen molar-refractivity contribution in [3.63, 3.8) is 0 Å². The monoisotopic (exact) mass is 310 g/mol. The van der Waals surface area contributed by atoms with E-state index in [0.29, 0.717) is 5.75 Å². The van der Waals surface area contributed by atoms with E-state index < -0.39 is 11.9 Å². The molecular formula is C19H18O4. The van der Waals surface area contributed by atoms with Gasteiger partial charge in [-0.25, -0.2) is 9.59 Å². The van der Waals surface area contributed by atoms with Crippen LogP contribution in [0.4, 0.5) is 0 Å². The molecule has 0 amide bonds. The zero-order valence-corrected chi connectivity index (χ0v) is 13.1. The quantitative estimate of drug-likeness (QED) is 0.365. The predicted octanol–water partition coefficient (Wildman–Crippen LogP) is 3.81. The number of carbonyl (C=O) groups is 2. The van der Waals surface area contributed by atoms with Gasteiger partial charge in [-0.3, -0.25) is 0 Å². The number of rotatable bonds is 5. The van der Waals surface area contributed by atoms with Crippen molar-refractivity contribution in [2.24, 2.45) is 0 Å². The van der Waals surface area contributed by atoms with Gasteiger partial charge in [-0.15, -0.1) is 0 Å². The Morgan fingerprint density at radius 3 is 2.39 bits per heavy atom. The Hall–Kier alpha value is -2.88. The Kier molecular flexibility index (Phi) is 5.69. The summed E-state index contributed by atoms with van der Waals surface area (Å²) in [6.07, 6.45) is 3.89. The molecule has 2 aromatic carbocycles. The fourth-order valence-electron chi connectivity index (χ4n) is 1.86. The molecular weight excluding hydrogens is 292 g/mol. The van der Waals surface area contributed by atoms with E-state index in [0.717, 1.165) is 28.5 Å². The van der Waals surface area contributed by atoms with Crippen molar-refractivity contribution in [1.29, 1.82) is 0 Å². The molecule has 2 aromatic rings. The number of hydrogen-bond donors (Lipinski definition) is 0. The summed E-state index contributed by atoms with van der Waals surface area (Å²) in [6.45, 7) is 4.00. The van der Waals surface area contributed by atoms with Gasteiger partial charge in [-0.1, -0.05) is 35.9 Å². The number of allylic oxidation sites excluding steroid dienone is 1. The van der Waals surface area contributed by atoms with Gasteiger partial charge in [0.15, 0.2) is 0 Å². The Bertz CT molecular complexity index is 768. The van der Waals surface area contributed by atoms with Gasteiger partial charge in [-0.05, 0) is 42.8 Å². The molecule has 2 rings (SSSR count). The summed E-state index contributed by atoms with van der Waals surface area (Å²) in [5.74, 6) is -0.784. The largest absolute Gasteiger partial charge is 0.458 e. The van der Waals surface area contributed by atoms with Crippen LogP contribution < -0.4 is 4.74 Å². The molecule has 0 radical (unpaired) electrons. The maximum absolute atomic E-state index is 11.7. The van der Waals surface area contributed by atoms with E-state index in [2.05, 4.69) is 0 Å². The number of benzene rings is 2. The van der Waals surface area contributed by atoms with Crippen LogP contribution in [0.3, 0.4) is 0 Å². The molecule has 0 bridgehead atoms. The molecule has 4 nitrogen and oxygen atoms in total. The van der Waals surface area contributed by atoms with E-state index in [1.54, 1.807) is 18.2 Å². The highest BCUT2D eigenvalue weighted by Gasteiger charge is 2.03. The molecule has 4 heteroatoms. The van der Waals surface area contributed by atoms with Crippen LogP contribution in [0.2, 0.25) is 0 Å². The Morgan fingerprint density at radius 2 is 1.65 bits per heavy atom. The lowest BCUT2D eigenvalue weighted by Crippen LogP contribution is -2.06. The van der Waals surface area contributed by atoms with E-state index >= 15 is 0 Å². The van der Waals surface area contributed by atoms with Crippen molar-refractivity contribution in [3.05, 3.63) is 66.3 Å². The fraction of sp³-hybridized carbons (Fsp3) is 0.158. The molecule has 0 atom stereocenters. The summed E-state index contributed by atoms with van der Waals surface area (Å²) in [6, 6.07) is 13.1. The van der Waals surface area contributed by atoms with Crippen LogP contribution in [0.1, 0.15) is 13.8 Å². The van der Waals surface area contributed by atoms with Crippen molar-refractivity contribution >= 4 is 22.7 Å². The van der Waals surface area contributed by atoms with Gasteiger partial charge < -0.3 is 9.47 Å². The second-order valence-electron chi connectivity index (χ2n) is 5.17. The lowest BCUT2D eigenvalue weighted by Gasteiger charge is -2.03. The number of esters is 2. The zero-order valence-electron chi connectivity index (χ0n) is 13.1. The topological polar surface area (TPSA) is 52.6 Å². The molecule has 0 aliphatic heterocycles. The summed E-state index contributed by atoms with van der Waals surface area (Å²) < 4.78 is 10.1. The van der Waals surface area contributed by atoms with Crippen LogP contribution in [0, 0.1) is 0 Å². The highest BCUT2D eigenvalue weighted by Crippen LogP contribution is 2.20. The molecule has 0 saturated heterocycles. The minimum atomic E-state index is -0.626. The third-order valence-electron chi connectivity index (χ3n) is 3.01. The molecule has 0 aromatic heterocycles. The summed E-state index contributed by atoms with van der Waals surface area (Å²) in [5.41, 5.74) is 1.05. The van der Waals surface area contributed by atoms with Crippen molar-refractivity contribution in [1.82, 2.24) is 0 Å². The highest BCUT2D eigenvalue weighted by atomic mass is 16.5. The zero-order chi connectivity index (χ0) is 16.7. The normalized spacial score (nSPS) is 10.5. The molecule has 0 unspecified atom stereocenters. The van der Waals surface area contributed by atoms with Gasteiger partial charge in [-0.2, -0.15) is 0 Å². The standard InChI is InChI=1S/C19H18O4/c1-14(2)11-12-22-18(20)9-10-19(21)23-17-8-7-15-5-3-4-6-16(15)13-17/h3-11,13H,12H2,1-2H3/b10-9+. The van der Waals surface area contributed by atoms with Gasteiger partial charge in [0.25, 0.3) is 0 Å².